The van der Waals surface area contributed by atoms with Gasteiger partial charge in [-0.1, -0.05) is 13.8 Å². The summed E-state index contributed by atoms with van der Waals surface area (Å²) in [4.78, 5) is 0. The molecule has 0 aromatic rings. The van der Waals surface area contributed by atoms with Gasteiger partial charge in [0.1, 0.15) is 0 Å². The largest absolute Gasteiger partial charge is 0.393 e. The zero-order valence-electron chi connectivity index (χ0n) is 6.09. The second-order valence-electron chi connectivity index (χ2n) is 3.51. The highest BCUT2D eigenvalue weighted by Gasteiger charge is 2.45. The Balaban J connectivity index is 2.48. The lowest BCUT2D eigenvalue weighted by molar-refractivity contribution is -0.0935. The first kappa shape index (κ1) is 7.03. The molecule has 54 valence electrons. The molecule has 0 radical (unpaired) electrons. The summed E-state index contributed by atoms with van der Waals surface area (Å²) in [6, 6.07) is 0. The van der Waals surface area contributed by atoms with E-state index in [0.29, 0.717) is 12.5 Å². The molecule has 1 aliphatic rings. The van der Waals surface area contributed by atoms with Gasteiger partial charge in [0.05, 0.1) is 6.10 Å². The molecule has 1 rings (SSSR count). The molecule has 2 nitrogen and oxygen atoms in total. The van der Waals surface area contributed by atoms with Crippen LogP contribution in [0.4, 0.5) is 0 Å². The van der Waals surface area contributed by atoms with Crippen LogP contribution in [0.2, 0.25) is 0 Å². The van der Waals surface area contributed by atoms with E-state index >= 15 is 0 Å². The molecule has 0 spiro atoms. The van der Waals surface area contributed by atoms with Crippen molar-refractivity contribution in [1.29, 1.82) is 0 Å². The van der Waals surface area contributed by atoms with Gasteiger partial charge < -0.3 is 10.8 Å². The first-order chi connectivity index (χ1) is 4.09. The van der Waals surface area contributed by atoms with E-state index in [2.05, 4.69) is 13.8 Å². The maximum absolute atomic E-state index is 9.22. The first-order valence-electron chi connectivity index (χ1n) is 3.47. The molecule has 9 heavy (non-hydrogen) atoms. The van der Waals surface area contributed by atoms with Gasteiger partial charge in [-0.3, -0.25) is 0 Å². The Bertz CT molecular complexity index is 111. The second-order valence-corrected chi connectivity index (χ2v) is 3.51. The SMILES string of the molecule is CC1(C)[C@H](CN)C[C@@H]1O. The van der Waals surface area contributed by atoms with Gasteiger partial charge in [-0.2, -0.15) is 0 Å². The Morgan fingerprint density at radius 3 is 2.33 bits per heavy atom. The summed E-state index contributed by atoms with van der Waals surface area (Å²) in [6.07, 6.45) is 0.773. The molecule has 2 atom stereocenters. The monoisotopic (exact) mass is 129 g/mol. The molecular formula is C7H15NO. The van der Waals surface area contributed by atoms with Crippen LogP contribution < -0.4 is 5.73 Å². The third-order valence-corrected chi connectivity index (χ3v) is 2.70. The van der Waals surface area contributed by atoms with Gasteiger partial charge in [-0.15, -0.1) is 0 Å². The summed E-state index contributed by atoms with van der Waals surface area (Å²) in [5.41, 5.74) is 5.54. The minimum Gasteiger partial charge on any atom is -0.393 e. The number of rotatable bonds is 1. The summed E-state index contributed by atoms with van der Waals surface area (Å²) < 4.78 is 0. The van der Waals surface area contributed by atoms with Crippen molar-refractivity contribution in [3.05, 3.63) is 0 Å². The fourth-order valence-corrected chi connectivity index (χ4v) is 1.39. The van der Waals surface area contributed by atoms with Crippen LogP contribution in [0, 0.1) is 11.3 Å². The summed E-state index contributed by atoms with van der Waals surface area (Å²) >= 11 is 0. The molecule has 3 N–H and O–H groups in total. The van der Waals surface area contributed by atoms with Gasteiger partial charge in [0.2, 0.25) is 0 Å². The van der Waals surface area contributed by atoms with E-state index in [9.17, 15) is 5.11 Å². The molecule has 0 amide bonds. The highest BCUT2D eigenvalue weighted by Crippen LogP contribution is 2.45. The molecule has 0 saturated heterocycles. The third-order valence-electron chi connectivity index (χ3n) is 2.70. The van der Waals surface area contributed by atoms with Crippen molar-refractivity contribution in [2.75, 3.05) is 6.54 Å². The van der Waals surface area contributed by atoms with Crippen LogP contribution in [0.25, 0.3) is 0 Å². The topological polar surface area (TPSA) is 46.2 Å². The molecule has 2 heteroatoms. The van der Waals surface area contributed by atoms with Crippen molar-refractivity contribution < 1.29 is 5.11 Å². The lowest BCUT2D eigenvalue weighted by atomic mass is 9.60. The minimum absolute atomic E-state index is 0.0781. The van der Waals surface area contributed by atoms with Crippen molar-refractivity contribution in [2.45, 2.75) is 26.4 Å². The predicted molar refractivity (Wildman–Crippen MR) is 36.9 cm³/mol. The fraction of sp³-hybridized carbons (Fsp3) is 1.00. The van der Waals surface area contributed by atoms with Gasteiger partial charge in [0.15, 0.2) is 0 Å². The van der Waals surface area contributed by atoms with E-state index in [-0.39, 0.29) is 11.5 Å². The average Bonchev–Trinajstić information content (AvgIpc) is 1.82. The molecule has 1 aliphatic carbocycles. The van der Waals surface area contributed by atoms with Crippen molar-refractivity contribution in [3.63, 3.8) is 0 Å². The van der Waals surface area contributed by atoms with Crippen LogP contribution in [-0.4, -0.2) is 17.8 Å². The Labute approximate surface area is 56.1 Å². The van der Waals surface area contributed by atoms with E-state index < -0.39 is 0 Å². The summed E-state index contributed by atoms with van der Waals surface area (Å²) in [5.74, 6) is 0.535. The van der Waals surface area contributed by atoms with E-state index in [1.807, 2.05) is 0 Å². The van der Waals surface area contributed by atoms with Gasteiger partial charge in [-0.25, -0.2) is 0 Å². The average molecular weight is 129 g/mol. The number of aliphatic hydroxyl groups is 1. The molecule has 1 saturated carbocycles. The molecule has 0 aliphatic heterocycles. The van der Waals surface area contributed by atoms with Crippen molar-refractivity contribution in [2.24, 2.45) is 17.1 Å². The number of hydrogen-bond donors (Lipinski definition) is 2. The Kier molecular flexibility index (Phi) is 1.53. The summed E-state index contributed by atoms with van der Waals surface area (Å²) in [6.45, 7) is 4.85. The smallest absolute Gasteiger partial charge is 0.0597 e. The maximum atomic E-state index is 9.22. The lowest BCUT2D eigenvalue weighted by Crippen LogP contribution is -2.51. The number of nitrogens with two attached hydrogens (primary N) is 1. The van der Waals surface area contributed by atoms with E-state index in [1.165, 1.54) is 0 Å². The van der Waals surface area contributed by atoms with Crippen LogP contribution in [0.3, 0.4) is 0 Å². The van der Waals surface area contributed by atoms with Gasteiger partial charge in [-0.05, 0) is 24.3 Å². The second kappa shape index (κ2) is 1.96. The molecule has 0 bridgehead atoms. The van der Waals surface area contributed by atoms with Gasteiger partial charge in [0.25, 0.3) is 0 Å². The Morgan fingerprint density at radius 1 is 1.67 bits per heavy atom. The number of aliphatic hydroxyl groups excluding tert-OH is 1. The standard InChI is InChI=1S/C7H15NO/c1-7(2)5(4-8)3-6(7)9/h5-6,9H,3-4,8H2,1-2H3/t5-,6-/m0/s1. The quantitative estimate of drug-likeness (QED) is 0.536. The van der Waals surface area contributed by atoms with Crippen LogP contribution in [0.5, 0.6) is 0 Å². The van der Waals surface area contributed by atoms with Gasteiger partial charge >= 0.3 is 0 Å². The van der Waals surface area contributed by atoms with Crippen molar-refractivity contribution >= 4 is 0 Å². The van der Waals surface area contributed by atoms with Gasteiger partial charge in [0, 0.05) is 0 Å². The van der Waals surface area contributed by atoms with Crippen LogP contribution in [0.1, 0.15) is 20.3 Å². The van der Waals surface area contributed by atoms with Crippen molar-refractivity contribution in [3.8, 4) is 0 Å². The third kappa shape index (κ3) is 0.864. The van der Waals surface area contributed by atoms with Crippen LogP contribution >= 0.6 is 0 Å². The molecule has 0 heterocycles. The summed E-state index contributed by atoms with van der Waals surface area (Å²) in [5, 5.41) is 9.22. The Hall–Kier alpha value is -0.0800. The molecule has 0 aromatic carbocycles. The molecule has 0 unspecified atom stereocenters. The van der Waals surface area contributed by atoms with Crippen LogP contribution in [-0.2, 0) is 0 Å². The fourth-order valence-electron chi connectivity index (χ4n) is 1.39. The molecule has 0 aromatic heterocycles. The minimum atomic E-state index is -0.119. The highest BCUT2D eigenvalue weighted by molar-refractivity contribution is 4.96. The van der Waals surface area contributed by atoms with Crippen LogP contribution in [0.15, 0.2) is 0 Å². The first-order valence-corrected chi connectivity index (χ1v) is 3.47. The predicted octanol–water partition coefficient (Wildman–Crippen LogP) is 0.352. The Morgan fingerprint density at radius 2 is 2.22 bits per heavy atom. The molecular weight excluding hydrogens is 114 g/mol. The zero-order valence-corrected chi connectivity index (χ0v) is 6.09. The summed E-state index contributed by atoms with van der Waals surface area (Å²) in [7, 11) is 0. The van der Waals surface area contributed by atoms with E-state index in [4.69, 9.17) is 5.73 Å². The highest BCUT2D eigenvalue weighted by atomic mass is 16.3. The zero-order chi connectivity index (χ0) is 7.07. The maximum Gasteiger partial charge on any atom is 0.0597 e. The lowest BCUT2D eigenvalue weighted by Gasteiger charge is -2.48. The van der Waals surface area contributed by atoms with Crippen molar-refractivity contribution in [1.82, 2.24) is 0 Å². The van der Waals surface area contributed by atoms with E-state index in [0.717, 1.165) is 6.42 Å². The molecule has 1 fully saturated rings. The number of hydrogen-bond acceptors (Lipinski definition) is 2. The van der Waals surface area contributed by atoms with E-state index in [1.54, 1.807) is 0 Å². The normalized spacial score (nSPS) is 40.0.